The monoisotopic (exact) mass is 363 g/mol. The predicted octanol–water partition coefficient (Wildman–Crippen LogP) is 3.50. The standard InChI is InChI=1S/C18H21N3OS.ClH/c1-2-23-16(14-6-4-3-5-7-14)18(22)21-12-13-8-10-15(11-9-13)17(19)20;/h3-11,16H,2,12H2,1H3,(H3,19,20)(H,21,22);1H/t16-;/m0./s1. The van der Waals surface area contributed by atoms with Crippen LogP contribution in [0.4, 0.5) is 0 Å². The van der Waals surface area contributed by atoms with E-state index in [0.29, 0.717) is 12.1 Å². The molecule has 0 aliphatic carbocycles. The van der Waals surface area contributed by atoms with Gasteiger partial charge in [0.05, 0.1) is 0 Å². The summed E-state index contributed by atoms with van der Waals surface area (Å²) >= 11 is 1.62. The summed E-state index contributed by atoms with van der Waals surface area (Å²) < 4.78 is 0. The number of carbonyl (C=O) groups is 1. The normalized spacial score (nSPS) is 11.2. The Morgan fingerprint density at radius 2 is 1.79 bits per heavy atom. The zero-order valence-corrected chi connectivity index (χ0v) is 15.1. The summed E-state index contributed by atoms with van der Waals surface area (Å²) in [5.74, 6) is 0.933. The third-order valence-electron chi connectivity index (χ3n) is 3.41. The number of benzene rings is 2. The number of carbonyl (C=O) groups excluding carboxylic acids is 1. The molecule has 0 aliphatic rings. The first-order chi connectivity index (χ1) is 11.1. The number of nitrogens with two attached hydrogens (primary N) is 1. The summed E-state index contributed by atoms with van der Waals surface area (Å²) in [6, 6.07) is 17.1. The van der Waals surface area contributed by atoms with Crippen molar-refractivity contribution < 1.29 is 4.79 Å². The fourth-order valence-corrected chi connectivity index (χ4v) is 3.12. The van der Waals surface area contributed by atoms with Gasteiger partial charge in [-0.2, -0.15) is 0 Å². The first-order valence-corrected chi connectivity index (χ1v) is 8.54. The second kappa shape index (κ2) is 10.0. The van der Waals surface area contributed by atoms with Crippen molar-refractivity contribution in [3.63, 3.8) is 0 Å². The van der Waals surface area contributed by atoms with Crippen LogP contribution in [0, 0.1) is 5.41 Å². The lowest BCUT2D eigenvalue weighted by Gasteiger charge is -2.16. The number of amides is 1. The lowest BCUT2D eigenvalue weighted by atomic mass is 10.1. The van der Waals surface area contributed by atoms with Crippen LogP contribution in [0.1, 0.15) is 28.9 Å². The summed E-state index contributed by atoms with van der Waals surface area (Å²) in [6.45, 7) is 2.51. The van der Waals surface area contributed by atoms with Crippen LogP contribution in [-0.4, -0.2) is 17.5 Å². The van der Waals surface area contributed by atoms with Gasteiger partial charge in [0.15, 0.2) is 0 Å². The van der Waals surface area contributed by atoms with E-state index in [4.69, 9.17) is 11.1 Å². The Hall–Kier alpha value is -1.98. The van der Waals surface area contributed by atoms with Crippen molar-refractivity contribution in [2.75, 3.05) is 5.75 Å². The number of nitrogen functional groups attached to an aromatic ring is 1. The van der Waals surface area contributed by atoms with Crippen LogP contribution in [0.25, 0.3) is 0 Å². The molecule has 2 aromatic rings. The number of rotatable bonds is 7. The largest absolute Gasteiger partial charge is 0.384 e. The van der Waals surface area contributed by atoms with Crippen molar-refractivity contribution in [3.8, 4) is 0 Å². The lowest BCUT2D eigenvalue weighted by Crippen LogP contribution is -2.27. The number of thioether (sulfide) groups is 1. The lowest BCUT2D eigenvalue weighted by molar-refractivity contribution is -0.120. The van der Waals surface area contributed by atoms with E-state index in [1.54, 1.807) is 23.9 Å². The molecule has 24 heavy (non-hydrogen) atoms. The van der Waals surface area contributed by atoms with Crippen molar-refractivity contribution in [1.82, 2.24) is 5.32 Å². The zero-order chi connectivity index (χ0) is 16.7. The van der Waals surface area contributed by atoms with Crippen molar-refractivity contribution in [2.45, 2.75) is 18.7 Å². The number of nitrogens with one attached hydrogen (secondary N) is 2. The number of hydrogen-bond acceptors (Lipinski definition) is 3. The van der Waals surface area contributed by atoms with Gasteiger partial charge >= 0.3 is 0 Å². The molecule has 0 radical (unpaired) electrons. The molecule has 6 heteroatoms. The molecule has 2 aromatic carbocycles. The van der Waals surface area contributed by atoms with Crippen LogP contribution in [0.2, 0.25) is 0 Å². The van der Waals surface area contributed by atoms with Gasteiger partial charge in [0.2, 0.25) is 5.91 Å². The third-order valence-corrected chi connectivity index (χ3v) is 4.56. The Kier molecular flexibility index (Phi) is 8.36. The van der Waals surface area contributed by atoms with E-state index in [2.05, 4.69) is 5.32 Å². The first-order valence-electron chi connectivity index (χ1n) is 7.49. The summed E-state index contributed by atoms with van der Waals surface area (Å²) in [7, 11) is 0. The minimum atomic E-state index is -0.197. The van der Waals surface area contributed by atoms with Crippen molar-refractivity contribution in [2.24, 2.45) is 5.73 Å². The van der Waals surface area contributed by atoms with Crippen LogP contribution in [-0.2, 0) is 11.3 Å². The highest BCUT2D eigenvalue weighted by Crippen LogP contribution is 2.28. The Labute approximate surface area is 153 Å². The Morgan fingerprint density at radius 3 is 2.33 bits per heavy atom. The molecular weight excluding hydrogens is 342 g/mol. The molecule has 2 rings (SSSR count). The van der Waals surface area contributed by atoms with Gasteiger partial charge in [-0.05, 0) is 16.9 Å². The quantitative estimate of drug-likeness (QED) is 0.520. The van der Waals surface area contributed by atoms with Crippen LogP contribution >= 0.6 is 24.2 Å². The predicted molar refractivity (Wildman–Crippen MR) is 104 cm³/mol. The summed E-state index contributed by atoms with van der Waals surface area (Å²) in [4.78, 5) is 12.5. The van der Waals surface area contributed by atoms with E-state index in [1.807, 2.05) is 49.4 Å². The highest BCUT2D eigenvalue weighted by atomic mass is 35.5. The molecule has 4 N–H and O–H groups in total. The SMILES string of the molecule is CCS[C@H](C(=O)NCc1ccc(C(=N)N)cc1)c1ccccc1.Cl. The van der Waals surface area contributed by atoms with Gasteiger partial charge < -0.3 is 11.1 Å². The molecule has 0 fully saturated rings. The maximum Gasteiger partial charge on any atom is 0.237 e. The van der Waals surface area contributed by atoms with Crippen LogP contribution < -0.4 is 11.1 Å². The molecule has 0 bridgehead atoms. The van der Waals surface area contributed by atoms with Gasteiger partial charge in [-0.25, -0.2) is 0 Å². The highest BCUT2D eigenvalue weighted by Gasteiger charge is 2.19. The summed E-state index contributed by atoms with van der Waals surface area (Å²) in [5, 5.41) is 10.2. The smallest absolute Gasteiger partial charge is 0.237 e. The molecule has 1 atom stereocenters. The summed E-state index contributed by atoms with van der Waals surface area (Å²) in [5.41, 5.74) is 8.12. The van der Waals surface area contributed by atoms with E-state index in [-0.39, 0.29) is 29.4 Å². The first kappa shape index (κ1) is 20.1. The maximum absolute atomic E-state index is 12.5. The van der Waals surface area contributed by atoms with Gasteiger partial charge in [-0.3, -0.25) is 10.2 Å². The number of amidine groups is 1. The van der Waals surface area contributed by atoms with E-state index in [9.17, 15) is 4.79 Å². The minimum absolute atomic E-state index is 0. The minimum Gasteiger partial charge on any atom is -0.384 e. The fraction of sp³-hybridized carbons (Fsp3) is 0.222. The molecule has 128 valence electrons. The van der Waals surface area contributed by atoms with Gasteiger partial charge in [-0.15, -0.1) is 24.2 Å². The average molecular weight is 364 g/mol. The van der Waals surface area contributed by atoms with Crippen LogP contribution in [0.15, 0.2) is 54.6 Å². The Balaban J connectivity index is 0.00000288. The third kappa shape index (κ3) is 5.58. The molecule has 1 amide bonds. The molecule has 0 saturated heterocycles. The molecule has 0 spiro atoms. The van der Waals surface area contributed by atoms with E-state index in [1.165, 1.54) is 0 Å². The highest BCUT2D eigenvalue weighted by molar-refractivity contribution is 8.00. The second-order valence-electron chi connectivity index (χ2n) is 5.07. The summed E-state index contributed by atoms with van der Waals surface area (Å²) in [6.07, 6.45) is 0. The average Bonchev–Trinajstić information content (AvgIpc) is 2.58. The van der Waals surface area contributed by atoms with E-state index in [0.717, 1.165) is 16.9 Å². The molecule has 0 saturated carbocycles. The Bertz CT molecular complexity index is 662. The molecule has 0 heterocycles. The van der Waals surface area contributed by atoms with Gasteiger partial charge in [0.1, 0.15) is 11.1 Å². The van der Waals surface area contributed by atoms with E-state index < -0.39 is 0 Å². The zero-order valence-electron chi connectivity index (χ0n) is 13.5. The maximum atomic E-state index is 12.5. The van der Waals surface area contributed by atoms with Crippen LogP contribution in [0.3, 0.4) is 0 Å². The molecular formula is C18H22ClN3OS. The number of halogens is 1. The molecule has 0 aromatic heterocycles. The second-order valence-corrected chi connectivity index (χ2v) is 6.46. The van der Waals surface area contributed by atoms with Gasteiger partial charge in [0, 0.05) is 12.1 Å². The fourth-order valence-electron chi connectivity index (χ4n) is 2.20. The molecule has 4 nitrogen and oxygen atoms in total. The van der Waals surface area contributed by atoms with Gasteiger partial charge in [-0.1, -0.05) is 61.5 Å². The van der Waals surface area contributed by atoms with Crippen LogP contribution in [0.5, 0.6) is 0 Å². The van der Waals surface area contributed by atoms with E-state index >= 15 is 0 Å². The Morgan fingerprint density at radius 1 is 1.17 bits per heavy atom. The number of hydrogen-bond donors (Lipinski definition) is 3. The molecule has 0 unspecified atom stereocenters. The van der Waals surface area contributed by atoms with Gasteiger partial charge in [0.25, 0.3) is 0 Å². The van der Waals surface area contributed by atoms with Crippen molar-refractivity contribution in [3.05, 3.63) is 71.3 Å². The van der Waals surface area contributed by atoms with Crippen molar-refractivity contribution in [1.29, 1.82) is 5.41 Å². The van der Waals surface area contributed by atoms with Crippen molar-refractivity contribution >= 4 is 35.9 Å². The molecule has 0 aliphatic heterocycles. The topological polar surface area (TPSA) is 79.0 Å².